The molecule has 1 amide bonds. The molecule has 0 saturated carbocycles. The van der Waals surface area contributed by atoms with E-state index in [0.29, 0.717) is 22.4 Å². The molecule has 0 aliphatic heterocycles. The highest BCUT2D eigenvalue weighted by atomic mass is 32.2. The summed E-state index contributed by atoms with van der Waals surface area (Å²) in [6.45, 7) is 7.34. The van der Waals surface area contributed by atoms with Crippen LogP contribution in [-0.2, 0) is 4.79 Å². The van der Waals surface area contributed by atoms with Gasteiger partial charge >= 0.3 is 0 Å². The Labute approximate surface area is 174 Å². The van der Waals surface area contributed by atoms with E-state index in [9.17, 15) is 9.59 Å². The third kappa shape index (κ3) is 5.32. The number of nitrogens with one attached hydrogen (secondary N) is 1. The minimum Gasteiger partial charge on any atom is -0.411 e. The van der Waals surface area contributed by atoms with Crippen molar-refractivity contribution in [2.75, 3.05) is 5.32 Å². The van der Waals surface area contributed by atoms with Crippen LogP contribution in [0.5, 0.6) is 0 Å². The minimum atomic E-state index is -0.484. The quantitative estimate of drug-likeness (QED) is 0.451. The number of rotatable bonds is 6. The average molecular weight is 410 g/mol. The van der Waals surface area contributed by atoms with Gasteiger partial charge in [0, 0.05) is 22.2 Å². The summed E-state index contributed by atoms with van der Waals surface area (Å²) in [5.74, 6) is 0.293. The average Bonchev–Trinajstić information content (AvgIpc) is 3.16. The Hall–Kier alpha value is -2.93. The summed E-state index contributed by atoms with van der Waals surface area (Å²) in [5.41, 5.74) is 1.56. The molecule has 6 nitrogen and oxygen atoms in total. The van der Waals surface area contributed by atoms with E-state index in [1.165, 1.54) is 11.8 Å². The van der Waals surface area contributed by atoms with Gasteiger partial charge in [-0.25, -0.2) is 0 Å². The minimum absolute atomic E-state index is 0.0526. The molecule has 0 aliphatic rings. The van der Waals surface area contributed by atoms with Crippen molar-refractivity contribution in [3.63, 3.8) is 0 Å². The maximum atomic E-state index is 12.7. The first-order valence-corrected chi connectivity index (χ1v) is 10.1. The van der Waals surface area contributed by atoms with Crippen LogP contribution in [0, 0.1) is 5.41 Å². The van der Waals surface area contributed by atoms with E-state index >= 15 is 0 Å². The number of ketones is 1. The van der Waals surface area contributed by atoms with Crippen LogP contribution in [0.25, 0.3) is 11.5 Å². The van der Waals surface area contributed by atoms with Gasteiger partial charge in [0.15, 0.2) is 5.78 Å². The Balaban J connectivity index is 1.63. The number of hydrogen-bond donors (Lipinski definition) is 1. The Morgan fingerprint density at radius 2 is 1.66 bits per heavy atom. The molecular weight excluding hydrogens is 386 g/mol. The van der Waals surface area contributed by atoms with Crippen molar-refractivity contribution in [2.45, 2.75) is 38.2 Å². The first kappa shape index (κ1) is 20.8. The van der Waals surface area contributed by atoms with Crippen LogP contribution in [0.1, 0.15) is 38.1 Å². The number of benzene rings is 2. The fraction of sp³-hybridized carbons (Fsp3) is 0.273. The summed E-state index contributed by atoms with van der Waals surface area (Å²) in [4.78, 5) is 24.8. The number of anilines is 1. The molecule has 0 spiro atoms. The molecule has 0 saturated heterocycles. The van der Waals surface area contributed by atoms with Gasteiger partial charge in [0.05, 0.1) is 5.25 Å². The van der Waals surface area contributed by atoms with Crippen molar-refractivity contribution in [3.05, 3.63) is 60.2 Å². The van der Waals surface area contributed by atoms with Gasteiger partial charge in [-0.05, 0) is 43.3 Å². The van der Waals surface area contributed by atoms with Gasteiger partial charge in [0.25, 0.3) is 5.22 Å². The van der Waals surface area contributed by atoms with Gasteiger partial charge in [-0.1, -0.05) is 50.7 Å². The summed E-state index contributed by atoms with van der Waals surface area (Å²) in [7, 11) is 0. The fourth-order valence-corrected chi connectivity index (χ4v) is 3.19. The fourth-order valence-electron chi connectivity index (χ4n) is 2.43. The number of aromatic nitrogens is 2. The van der Waals surface area contributed by atoms with E-state index in [4.69, 9.17) is 4.42 Å². The number of thioether (sulfide) groups is 1. The van der Waals surface area contributed by atoms with Crippen molar-refractivity contribution in [1.82, 2.24) is 10.2 Å². The van der Waals surface area contributed by atoms with Crippen LogP contribution in [-0.4, -0.2) is 27.1 Å². The van der Waals surface area contributed by atoms with Gasteiger partial charge in [-0.2, -0.15) is 0 Å². The molecule has 3 rings (SSSR count). The lowest BCUT2D eigenvalue weighted by atomic mass is 9.95. The molecular formula is C22H23N3O3S. The second-order valence-electron chi connectivity index (χ2n) is 7.64. The number of hydrogen-bond acceptors (Lipinski definition) is 6. The zero-order valence-corrected chi connectivity index (χ0v) is 17.6. The van der Waals surface area contributed by atoms with Crippen molar-refractivity contribution in [2.24, 2.45) is 5.41 Å². The van der Waals surface area contributed by atoms with E-state index in [0.717, 1.165) is 5.56 Å². The number of nitrogens with zero attached hydrogens (tertiary/aromatic N) is 2. The maximum absolute atomic E-state index is 12.7. The SMILES string of the molecule is C[C@@H](Sc1nnc(-c2ccccc2)o1)C(=O)c1ccc(NC(=O)C(C)(C)C)cc1. The highest BCUT2D eigenvalue weighted by Crippen LogP contribution is 2.28. The number of carbonyl (C=O) groups excluding carboxylic acids is 2. The first-order valence-electron chi connectivity index (χ1n) is 9.25. The molecule has 0 bridgehead atoms. The lowest BCUT2D eigenvalue weighted by molar-refractivity contribution is -0.123. The van der Waals surface area contributed by atoms with E-state index < -0.39 is 10.7 Å². The summed E-state index contributed by atoms with van der Waals surface area (Å²) in [6.07, 6.45) is 0. The molecule has 0 fully saturated rings. The lowest BCUT2D eigenvalue weighted by Crippen LogP contribution is -2.27. The van der Waals surface area contributed by atoms with Gasteiger partial charge < -0.3 is 9.73 Å². The Morgan fingerprint density at radius 3 is 2.28 bits per heavy atom. The van der Waals surface area contributed by atoms with Gasteiger partial charge in [-0.15, -0.1) is 10.2 Å². The van der Waals surface area contributed by atoms with E-state index in [-0.39, 0.29) is 11.7 Å². The zero-order chi connectivity index (χ0) is 21.0. The second-order valence-corrected chi connectivity index (χ2v) is 8.94. The number of Topliss-reactive ketones (excluding diaryl/α,β-unsaturated/α-hetero) is 1. The first-order chi connectivity index (χ1) is 13.7. The van der Waals surface area contributed by atoms with Crippen LogP contribution >= 0.6 is 11.8 Å². The molecule has 1 aromatic heterocycles. The molecule has 1 heterocycles. The second kappa shape index (κ2) is 8.61. The van der Waals surface area contributed by atoms with E-state index in [1.807, 2.05) is 51.1 Å². The maximum Gasteiger partial charge on any atom is 0.277 e. The predicted octanol–water partition coefficient (Wildman–Crippen LogP) is 5.08. The third-order valence-corrected chi connectivity index (χ3v) is 5.12. The zero-order valence-electron chi connectivity index (χ0n) is 16.8. The van der Waals surface area contributed by atoms with Gasteiger partial charge in [0.2, 0.25) is 11.8 Å². The summed E-state index contributed by atoms with van der Waals surface area (Å²) >= 11 is 1.22. The highest BCUT2D eigenvalue weighted by molar-refractivity contribution is 8.00. The molecule has 0 radical (unpaired) electrons. The van der Waals surface area contributed by atoms with Crippen LogP contribution in [0.3, 0.4) is 0 Å². The molecule has 1 N–H and O–H groups in total. The largest absolute Gasteiger partial charge is 0.411 e. The van der Waals surface area contributed by atoms with Crippen LogP contribution in [0.2, 0.25) is 0 Å². The molecule has 1 atom stereocenters. The smallest absolute Gasteiger partial charge is 0.277 e. The molecule has 3 aromatic rings. The molecule has 2 aromatic carbocycles. The summed E-state index contributed by atoms with van der Waals surface area (Å²) < 4.78 is 5.66. The number of carbonyl (C=O) groups is 2. The predicted molar refractivity (Wildman–Crippen MR) is 114 cm³/mol. The molecule has 0 unspecified atom stereocenters. The number of amides is 1. The Kier molecular flexibility index (Phi) is 6.17. The highest BCUT2D eigenvalue weighted by Gasteiger charge is 2.22. The monoisotopic (exact) mass is 409 g/mol. The summed E-state index contributed by atoms with van der Waals surface area (Å²) in [5, 5.41) is 10.9. The van der Waals surface area contributed by atoms with Crippen LogP contribution < -0.4 is 5.32 Å². The summed E-state index contributed by atoms with van der Waals surface area (Å²) in [6, 6.07) is 16.4. The Morgan fingerprint density at radius 1 is 1.00 bits per heavy atom. The molecule has 29 heavy (non-hydrogen) atoms. The van der Waals surface area contributed by atoms with E-state index in [2.05, 4.69) is 15.5 Å². The van der Waals surface area contributed by atoms with Crippen molar-refractivity contribution >= 4 is 29.1 Å². The van der Waals surface area contributed by atoms with Crippen molar-refractivity contribution in [1.29, 1.82) is 0 Å². The van der Waals surface area contributed by atoms with Gasteiger partial charge in [-0.3, -0.25) is 9.59 Å². The molecule has 7 heteroatoms. The van der Waals surface area contributed by atoms with Crippen molar-refractivity contribution in [3.8, 4) is 11.5 Å². The normalized spacial score (nSPS) is 12.4. The third-order valence-electron chi connectivity index (χ3n) is 4.18. The topological polar surface area (TPSA) is 85.1 Å². The standard InChI is InChI=1S/C22H23N3O3S/c1-14(29-21-25-24-19(28-21)16-8-6-5-7-9-16)18(26)15-10-12-17(13-11-15)23-20(27)22(2,3)4/h5-14H,1-4H3,(H,23,27)/t14-/m1/s1. The Bertz CT molecular complexity index is 992. The van der Waals surface area contributed by atoms with E-state index in [1.54, 1.807) is 31.2 Å². The molecule has 0 aliphatic carbocycles. The lowest BCUT2D eigenvalue weighted by Gasteiger charge is -2.17. The van der Waals surface area contributed by atoms with Crippen LogP contribution in [0.15, 0.2) is 64.2 Å². The van der Waals surface area contributed by atoms with Crippen LogP contribution in [0.4, 0.5) is 5.69 Å². The molecule has 150 valence electrons. The van der Waals surface area contributed by atoms with Crippen molar-refractivity contribution < 1.29 is 14.0 Å². The van der Waals surface area contributed by atoms with Gasteiger partial charge in [0.1, 0.15) is 0 Å².